The molecule has 1 heterocycles. The van der Waals surface area contributed by atoms with Crippen LogP contribution in [0.2, 0.25) is 0 Å². The summed E-state index contributed by atoms with van der Waals surface area (Å²) in [4.78, 5) is 3.28. The summed E-state index contributed by atoms with van der Waals surface area (Å²) in [5.74, 6) is 0.831. The van der Waals surface area contributed by atoms with Crippen molar-refractivity contribution in [3.8, 4) is 0 Å². The summed E-state index contributed by atoms with van der Waals surface area (Å²) < 4.78 is 2.16. The van der Waals surface area contributed by atoms with E-state index in [1.165, 1.54) is 5.56 Å². The van der Waals surface area contributed by atoms with Crippen LogP contribution in [0.15, 0.2) is 54.6 Å². The number of aliphatic hydroxyl groups excluding tert-OH is 1. The largest absolute Gasteiger partial charge is 0.384 e. The van der Waals surface area contributed by atoms with Crippen molar-refractivity contribution in [1.82, 2.24) is 4.98 Å². The summed E-state index contributed by atoms with van der Waals surface area (Å²) in [5.41, 5.74) is 3.39. The maximum atomic E-state index is 9.56. The molecule has 0 bridgehead atoms. The first-order valence-electron chi connectivity index (χ1n) is 6.48. The molecule has 0 aliphatic carbocycles. The van der Waals surface area contributed by atoms with E-state index >= 15 is 0 Å². The minimum absolute atomic E-state index is 0.00581. The molecule has 2 N–H and O–H groups in total. The number of aliphatic hydroxyl groups is 1. The van der Waals surface area contributed by atoms with Gasteiger partial charge in [0.2, 0.25) is 0 Å². The van der Waals surface area contributed by atoms with Crippen molar-refractivity contribution in [3.63, 3.8) is 0 Å². The van der Waals surface area contributed by atoms with Crippen molar-refractivity contribution < 1.29 is 9.67 Å². The molecule has 1 aromatic heterocycles. The molecule has 96 valence electrons. The standard InChI is InChI=1S/C16H16N2O/c1-12(13-7-3-2-4-8-13)18-15-10-6-5-9-14(15)17-16(18)11-19/h2-10,12,19H,11H2,1H3/p+1. The van der Waals surface area contributed by atoms with E-state index in [9.17, 15) is 5.11 Å². The number of H-pyrrole nitrogens is 1. The molecule has 2 aromatic carbocycles. The average Bonchev–Trinajstić information content (AvgIpc) is 2.86. The molecule has 3 rings (SSSR count). The molecule has 0 saturated heterocycles. The number of fused-ring (bicyclic) bond motifs is 1. The smallest absolute Gasteiger partial charge is 0.281 e. The van der Waals surface area contributed by atoms with Gasteiger partial charge in [0.1, 0.15) is 12.6 Å². The van der Waals surface area contributed by atoms with E-state index in [1.807, 2.05) is 36.4 Å². The van der Waals surface area contributed by atoms with Gasteiger partial charge in [-0.1, -0.05) is 42.5 Å². The van der Waals surface area contributed by atoms with Gasteiger partial charge in [-0.15, -0.1) is 0 Å². The van der Waals surface area contributed by atoms with E-state index in [1.54, 1.807) is 0 Å². The number of imidazole rings is 1. The summed E-state index contributed by atoms with van der Waals surface area (Å²) in [5, 5.41) is 9.56. The van der Waals surface area contributed by atoms with Crippen LogP contribution in [0.3, 0.4) is 0 Å². The molecule has 0 aliphatic rings. The number of para-hydroxylation sites is 2. The first-order chi connectivity index (χ1) is 9.31. The van der Waals surface area contributed by atoms with Gasteiger partial charge in [-0.25, -0.2) is 9.55 Å². The molecule has 1 unspecified atom stereocenters. The lowest BCUT2D eigenvalue weighted by molar-refractivity contribution is -0.694. The zero-order valence-electron chi connectivity index (χ0n) is 10.9. The molecule has 0 amide bonds. The van der Waals surface area contributed by atoms with Gasteiger partial charge in [-0.3, -0.25) is 0 Å². The maximum absolute atomic E-state index is 9.56. The van der Waals surface area contributed by atoms with Crippen molar-refractivity contribution in [3.05, 3.63) is 66.0 Å². The molecule has 3 nitrogen and oxygen atoms in total. The highest BCUT2D eigenvalue weighted by Crippen LogP contribution is 2.17. The van der Waals surface area contributed by atoms with Crippen LogP contribution in [0, 0.1) is 0 Å². The zero-order chi connectivity index (χ0) is 13.2. The fraction of sp³-hybridized carbons (Fsp3) is 0.188. The lowest BCUT2D eigenvalue weighted by Crippen LogP contribution is -2.41. The fourth-order valence-corrected chi connectivity index (χ4v) is 2.59. The SMILES string of the molecule is CC(c1ccccc1)[n+]1c(CO)[nH]c2ccccc21. The third kappa shape index (κ3) is 2.02. The van der Waals surface area contributed by atoms with E-state index in [-0.39, 0.29) is 12.6 Å². The number of aromatic nitrogens is 2. The van der Waals surface area contributed by atoms with Crippen molar-refractivity contribution in [2.45, 2.75) is 19.6 Å². The normalized spacial score (nSPS) is 12.7. The Hall–Kier alpha value is -2.13. The second-order valence-electron chi connectivity index (χ2n) is 4.70. The zero-order valence-corrected chi connectivity index (χ0v) is 10.9. The van der Waals surface area contributed by atoms with Crippen molar-refractivity contribution in [2.24, 2.45) is 0 Å². The molecule has 3 heteroatoms. The first-order valence-corrected chi connectivity index (χ1v) is 6.48. The van der Waals surface area contributed by atoms with Crippen molar-refractivity contribution >= 4 is 11.0 Å². The minimum atomic E-state index is 0.00581. The van der Waals surface area contributed by atoms with E-state index in [2.05, 4.69) is 34.7 Å². The molecule has 0 saturated carbocycles. The van der Waals surface area contributed by atoms with Gasteiger partial charge >= 0.3 is 0 Å². The second kappa shape index (κ2) is 4.86. The molecule has 19 heavy (non-hydrogen) atoms. The number of nitrogens with zero attached hydrogens (tertiary/aromatic N) is 1. The van der Waals surface area contributed by atoms with E-state index < -0.39 is 0 Å². The van der Waals surface area contributed by atoms with Crippen molar-refractivity contribution in [2.75, 3.05) is 0 Å². The average molecular weight is 253 g/mol. The third-order valence-electron chi connectivity index (χ3n) is 3.55. The van der Waals surface area contributed by atoms with Crippen LogP contribution >= 0.6 is 0 Å². The van der Waals surface area contributed by atoms with Gasteiger partial charge in [0.15, 0.2) is 11.0 Å². The molecular formula is C16H17N2O+. The van der Waals surface area contributed by atoms with Gasteiger partial charge in [0, 0.05) is 0 Å². The first kappa shape index (κ1) is 11.9. The van der Waals surface area contributed by atoms with E-state index in [0.29, 0.717) is 0 Å². The predicted octanol–water partition coefficient (Wildman–Crippen LogP) is 2.56. The molecule has 0 aliphatic heterocycles. The van der Waals surface area contributed by atoms with Crippen LogP contribution in [0.25, 0.3) is 11.0 Å². The Bertz CT molecular complexity index is 688. The molecule has 3 aromatic rings. The lowest BCUT2D eigenvalue weighted by Gasteiger charge is -2.11. The summed E-state index contributed by atoms with van der Waals surface area (Å²) >= 11 is 0. The quantitative estimate of drug-likeness (QED) is 0.692. The number of benzene rings is 2. The Morgan fingerprint density at radius 2 is 1.74 bits per heavy atom. The molecule has 0 radical (unpaired) electrons. The van der Waals surface area contributed by atoms with Crippen LogP contribution in [0.5, 0.6) is 0 Å². The summed E-state index contributed by atoms with van der Waals surface area (Å²) in [7, 11) is 0. The number of nitrogens with one attached hydrogen (secondary N) is 1. The fourth-order valence-electron chi connectivity index (χ4n) is 2.59. The van der Waals surface area contributed by atoms with Gasteiger partial charge < -0.3 is 5.11 Å². The van der Waals surface area contributed by atoms with Crippen LogP contribution in [0.4, 0.5) is 0 Å². The van der Waals surface area contributed by atoms with Gasteiger partial charge in [0.25, 0.3) is 5.82 Å². The number of hydrogen-bond acceptors (Lipinski definition) is 1. The molecule has 1 atom stereocenters. The third-order valence-corrected chi connectivity index (χ3v) is 3.55. The van der Waals surface area contributed by atoms with Gasteiger partial charge in [-0.05, 0) is 24.6 Å². The highest BCUT2D eigenvalue weighted by molar-refractivity contribution is 5.71. The highest BCUT2D eigenvalue weighted by atomic mass is 16.3. The van der Waals surface area contributed by atoms with Crippen LogP contribution < -0.4 is 4.57 Å². The molecular weight excluding hydrogens is 236 g/mol. The number of aromatic amines is 1. The number of rotatable bonds is 3. The van der Waals surface area contributed by atoms with Crippen LogP contribution in [0.1, 0.15) is 24.4 Å². The highest BCUT2D eigenvalue weighted by Gasteiger charge is 2.23. The monoisotopic (exact) mass is 253 g/mol. The van der Waals surface area contributed by atoms with Gasteiger partial charge in [-0.2, -0.15) is 0 Å². The molecule has 0 spiro atoms. The summed E-state index contributed by atoms with van der Waals surface area (Å²) in [6, 6.07) is 18.6. The lowest BCUT2D eigenvalue weighted by atomic mass is 10.1. The van der Waals surface area contributed by atoms with E-state index in [4.69, 9.17) is 0 Å². The summed E-state index contributed by atoms with van der Waals surface area (Å²) in [6.45, 7) is 2.15. The Morgan fingerprint density at radius 3 is 2.47 bits per heavy atom. The Balaban J connectivity index is 2.18. The topological polar surface area (TPSA) is 39.9 Å². The Morgan fingerprint density at radius 1 is 1.05 bits per heavy atom. The van der Waals surface area contributed by atoms with Crippen LogP contribution in [-0.2, 0) is 6.61 Å². The van der Waals surface area contributed by atoms with Crippen LogP contribution in [-0.4, -0.2) is 10.1 Å². The minimum Gasteiger partial charge on any atom is -0.384 e. The Kier molecular flexibility index (Phi) is 3.05. The van der Waals surface area contributed by atoms with E-state index in [0.717, 1.165) is 16.9 Å². The van der Waals surface area contributed by atoms with Gasteiger partial charge in [0.05, 0.1) is 0 Å². The van der Waals surface area contributed by atoms with Crippen molar-refractivity contribution in [1.29, 1.82) is 0 Å². The Labute approximate surface area is 112 Å². The second-order valence-corrected chi connectivity index (χ2v) is 4.70. The maximum Gasteiger partial charge on any atom is 0.281 e. The molecule has 0 fully saturated rings. The summed E-state index contributed by atoms with van der Waals surface area (Å²) in [6.07, 6.45) is 0. The predicted molar refractivity (Wildman–Crippen MR) is 74.7 cm³/mol. The number of hydrogen-bond donors (Lipinski definition) is 2.